The first-order valence-electron chi connectivity index (χ1n) is 6.46. The van der Waals surface area contributed by atoms with Gasteiger partial charge >= 0.3 is 6.01 Å². The Kier molecular flexibility index (Phi) is 4.98. The molecule has 0 saturated carbocycles. The number of anilines is 1. The fourth-order valence-electron chi connectivity index (χ4n) is 1.36. The fraction of sp³-hybridized carbons (Fsp3) is 0.667. The van der Waals surface area contributed by atoms with Gasteiger partial charge in [-0.05, 0) is 13.3 Å². The predicted octanol–water partition coefficient (Wildman–Crippen LogP) is 3.12. The van der Waals surface area contributed by atoms with Gasteiger partial charge in [0, 0.05) is 17.7 Å². The van der Waals surface area contributed by atoms with E-state index in [9.17, 15) is 0 Å². The topological polar surface area (TPSA) is 76.7 Å². The van der Waals surface area contributed by atoms with E-state index in [1.807, 2.05) is 27.7 Å². The van der Waals surface area contributed by atoms with E-state index in [0.717, 1.165) is 28.1 Å². The summed E-state index contributed by atoms with van der Waals surface area (Å²) in [5.74, 6) is 1.64. The minimum absolute atomic E-state index is 0.113. The van der Waals surface area contributed by atoms with Gasteiger partial charge in [0.2, 0.25) is 5.89 Å². The molecule has 0 radical (unpaired) electrons. The summed E-state index contributed by atoms with van der Waals surface area (Å²) in [4.78, 5) is 0. The van der Waals surface area contributed by atoms with Gasteiger partial charge in [0.25, 0.3) is 0 Å². The molecule has 8 heteroatoms. The summed E-state index contributed by atoms with van der Waals surface area (Å²) >= 11 is 3.35. The number of hydrogen-bond acceptors (Lipinski definition) is 8. The van der Waals surface area contributed by atoms with Crippen LogP contribution in [0, 0.1) is 6.92 Å². The number of thioether (sulfide) groups is 1. The van der Waals surface area contributed by atoms with E-state index in [2.05, 4.69) is 25.7 Å². The molecule has 0 saturated heterocycles. The lowest BCUT2D eigenvalue weighted by Gasteiger charge is -2.10. The van der Waals surface area contributed by atoms with Crippen molar-refractivity contribution in [1.29, 1.82) is 0 Å². The Morgan fingerprint density at radius 1 is 1.20 bits per heavy atom. The summed E-state index contributed by atoms with van der Waals surface area (Å²) in [5.41, 5.74) is -0.113. The molecule has 20 heavy (non-hydrogen) atoms. The maximum absolute atomic E-state index is 5.56. The standard InChI is InChI=1S/C12H19N5OS2/c1-8-14-17-11(20-8)19-7-5-6-13-10-16-15-9(18-10)12(2,3)4/h5-7H2,1-4H3,(H,13,16). The lowest BCUT2D eigenvalue weighted by molar-refractivity contribution is 0.399. The predicted molar refractivity (Wildman–Crippen MR) is 81.5 cm³/mol. The van der Waals surface area contributed by atoms with E-state index < -0.39 is 0 Å². The van der Waals surface area contributed by atoms with Crippen LogP contribution in [0.1, 0.15) is 38.1 Å². The van der Waals surface area contributed by atoms with Gasteiger partial charge in [-0.25, -0.2) is 0 Å². The van der Waals surface area contributed by atoms with Crippen LogP contribution in [0.3, 0.4) is 0 Å². The zero-order valence-corrected chi connectivity index (χ0v) is 13.8. The second kappa shape index (κ2) is 6.53. The Hall–Kier alpha value is -1.15. The number of nitrogens with one attached hydrogen (secondary N) is 1. The highest BCUT2D eigenvalue weighted by molar-refractivity contribution is 8.01. The quantitative estimate of drug-likeness (QED) is 0.648. The number of hydrogen-bond donors (Lipinski definition) is 1. The van der Waals surface area contributed by atoms with E-state index in [1.54, 1.807) is 23.1 Å². The summed E-state index contributed by atoms with van der Waals surface area (Å²) < 4.78 is 6.58. The van der Waals surface area contributed by atoms with Crippen molar-refractivity contribution >= 4 is 29.1 Å². The van der Waals surface area contributed by atoms with Gasteiger partial charge < -0.3 is 9.73 Å². The zero-order valence-electron chi connectivity index (χ0n) is 12.1. The molecule has 6 nitrogen and oxygen atoms in total. The van der Waals surface area contributed by atoms with Crippen LogP contribution >= 0.6 is 23.1 Å². The lowest BCUT2D eigenvalue weighted by Crippen LogP contribution is -2.11. The molecule has 1 N–H and O–H groups in total. The summed E-state index contributed by atoms with van der Waals surface area (Å²) in [5, 5.41) is 20.2. The van der Waals surface area contributed by atoms with Gasteiger partial charge in [0.05, 0.1) is 0 Å². The second-order valence-electron chi connectivity index (χ2n) is 5.38. The van der Waals surface area contributed by atoms with Gasteiger partial charge in [-0.1, -0.05) is 49.0 Å². The summed E-state index contributed by atoms with van der Waals surface area (Å²) in [7, 11) is 0. The molecule has 0 amide bonds. The Bertz CT molecular complexity index is 546. The summed E-state index contributed by atoms with van der Waals surface area (Å²) in [6.45, 7) is 8.91. The van der Waals surface area contributed by atoms with E-state index in [1.165, 1.54) is 0 Å². The van der Waals surface area contributed by atoms with Crippen LogP contribution in [0.5, 0.6) is 0 Å². The molecule has 0 atom stereocenters. The highest BCUT2D eigenvalue weighted by Gasteiger charge is 2.21. The number of aryl methyl sites for hydroxylation is 1. The van der Waals surface area contributed by atoms with Gasteiger partial charge in [0.15, 0.2) is 4.34 Å². The van der Waals surface area contributed by atoms with Crippen molar-refractivity contribution in [2.75, 3.05) is 17.6 Å². The molecular formula is C12H19N5OS2. The number of nitrogens with zero attached hydrogens (tertiary/aromatic N) is 4. The lowest BCUT2D eigenvalue weighted by atomic mass is 9.97. The molecule has 0 fully saturated rings. The Balaban J connectivity index is 1.67. The van der Waals surface area contributed by atoms with E-state index in [4.69, 9.17) is 4.42 Å². The van der Waals surface area contributed by atoms with Crippen molar-refractivity contribution in [1.82, 2.24) is 20.4 Å². The van der Waals surface area contributed by atoms with Crippen molar-refractivity contribution in [3.05, 3.63) is 10.9 Å². The minimum Gasteiger partial charge on any atom is -0.408 e. The number of aromatic nitrogens is 4. The Labute approximate surface area is 126 Å². The van der Waals surface area contributed by atoms with Crippen molar-refractivity contribution < 1.29 is 4.42 Å². The molecule has 0 bridgehead atoms. The average molecular weight is 313 g/mol. The van der Waals surface area contributed by atoms with Crippen LogP contribution < -0.4 is 5.32 Å². The first-order chi connectivity index (χ1) is 9.45. The van der Waals surface area contributed by atoms with Crippen molar-refractivity contribution in [3.8, 4) is 0 Å². The number of rotatable bonds is 6. The van der Waals surface area contributed by atoms with E-state index in [0.29, 0.717) is 11.9 Å². The maximum atomic E-state index is 5.56. The Morgan fingerprint density at radius 3 is 2.60 bits per heavy atom. The molecule has 0 aromatic carbocycles. The summed E-state index contributed by atoms with van der Waals surface area (Å²) in [6.07, 6.45) is 0.997. The first-order valence-corrected chi connectivity index (χ1v) is 8.26. The van der Waals surface area contributed by atoms with Crippen LogP contribution in [0.2, 0.25) is 0 Å². The molecule has 0 aliphatic rings. The molecule has 2 aromatic rings. The fourth-order valence-corrected chi connectivity index (χ4v) is 3.19. The molecule has 2 heterocycles. The van der Waals surface area contributed by atoms with Crippen molar-refractivity contribution in [2.45, 2.75) is 43.9 Å². The van der Waals surface area contributed by atoms with Crippen LogP contribution in [0.25, 0.3) is 0 Å². The highest BCUT2D eigenvalue weighted by atomic mass is 32.2. The molecule has 2 rings (SSSR count). The maximum Gasteiger partial charge on any atom is 0.315 e. The molecule has 0 aliphatic carbocycles. The molecule has 2 aromatic heterocycles. The third-order valence-electron chi connectivity index (χ3n) is 2.40. The van der Waals surface area contributed by atoms with Gasteiger partial charge in [-0.2, -0.15) is 0 Å². The molecule has 110 valence electrons. The van der Waals surface area contributed by atoms with E-state index in [-0.39, 0.29) is 5.41 Å². The van der Waals surface area contributed by atoms with Crippen LogP contribution in [-0.4, -0.2) is 32.7 Å². The van der Waals surface area contributed by atoms with Gasteiger partial charge in [0.1, 0.15) is 5.01 Å². The van der Waals surface area contributed by atoms with Crippen molar-refractivity contribution in [2.24, 2.45) is 0 Å². The average Bonchev–Trinajstić information content (AvgIpc) is 2.97. The first kappa shape index (κ1) is 15.2. The van der Waals surface area contributed by atoms with Gasteiger partial charge in [-0.15, -0.1) is 15.3 Å². The molecule has 0 aliphatic heterocycles. The molecule has 0 spiro atoms. The minimum atomic E-state index is -0.113. The largest absolute Gasteiger partial charge is 0.408 e. The van der Waals surface area contributed by atoms with Crippen LogP contribution in [0.15, 0.2) is 8.76 Å². The zero-order chi connectivity index (χ0) is 14.6. The van der Waals surface area contributed by atoms with Crippen LogP contribution in [-0.2, 0) is 5.41 Å². The molecule has 0 unspecified atom stereocenters. The Morgan fingerprint density at radius 2 is 2.00 bits per heavy atom. The van der Waals surface area contributed by atoms with Gasteiger partial charge in [-0.3, -0.25) is 0 Å². The third kappa shape index (κ3) is 4.45. The smallest absolute Gasteiger partial charge is 0.315 e. The van der Waals surface area contributed by atoms with Crippen LogP contribution in [0.4, 0.5) is 6.01 Å². The highest BCUT2D eigenvalue weighted by Crippen LogP contribution is 2.23. The molecular weight excluding hydrogens is 294 g/mol. The second-order valence-corrected chi connectivity index (χ2v) is 7.90. The normalized spacial score (nSPS) is 11.8. The van der Waals surface area contributed by atoms with E-state index >= 15 is 0 Å². The third-order valence-corrected chi connectivity index (χ3v) is 4.46. The summed E-state index contributed by atoms with van der Waals surface area (Å²) in [6, 6.07) is 0.492. The monoisotopic (exact) mass is 313 g/mol. The SMILES string of the molecule is Cc1nnc(SCCCNc2nnc(C(C)(C)C)o2)s1. The van der Waals surface area contributed by atoms with Crippen molar-refractivity contribution in [3.63, 3.8) is 0 Å².